The number of hydrogen-bond acceptors (Lipinski definition) is 4. The maximum Gasteiger partial charge on any atom is 0.251 e. The Bertz CT molecular complexity index is 996. The van der Waals surface area contributed by atoms with Gasteiger partial charge in [0.1, 0.15) is 6.54 Å². The minimum Gasteiger partial charge on any atom is -0.333 e. The summed E-state index contributed by atoms with van der Waals surface area (Å²) in [5.74, 6) is -0.298. The molecule has 0 saturated carbocycles. The summed E-state index contributed by atoms with van der Waals surface area (Å²) < 4.78 is 27.9. The normalized spacial score (nSPS) is 11.4. The van der Waals surface area contributed by atoms with E-state index in [2.05, 4.69) is 6.58 Å². The molecule has 0 fully saturated rings. The standard InChI is InChI=1S/C21H27N3O4S/c1-4-14-22(15-18-10-8-7-9-11-18)21(26)17-23-16-19(12-13-20(23)25)29(27,28)24(5-2)6-3/h4,7-13,16H,1,5-6,14-15,17H2,2-3H3. The van der Waals surface area contributed by atoms with Gasteiger partial charge >= 0.3 is 0 Å². The van der Waals surface area contributed by atoms with Crippen LogP contribution in [0.2, 0.25) is 0 Å². The van der Waals surface area contributed by atoms with E-state index in [9.17, 15) is 18.0 Å². The topological polar surface area (TPSA) is 79.7 Å². The molecule has 0 N–H and O–H groups in total. The number of nitrogens with zero attached hydrogens (tertiary/aromatic N) is 3. The van der Waals surface area contributed by atoms with Crippen molar-refractivity contribution < 1.29 is 13.2 Å². The van der Waals surface area contributed by atoms with Crippen molar-refractivity contribution in [1.29, 1.82) is 0 Å². The van der Waals surface area contributed by atoms with Gasteiger partial charge in [-0.15, -0.1) is 6.58 Å². The third kappa shape index (κ3) is 5.65. The third-order valence-electron chi connectivity index (χ3n) is 4.52. The first-order chi connectivity index (χ1) is 13.8. The molecule has 0 saturated heterocycles. The molecule has 0 radical (unpaired) electrons. The first-order valence-electron chi connectivity index (χ1n) is 9.46. The fraction of sp³-hybridized carbons (Fsp3) is 0.333. The van der Waals surface area contributed by atoms with Gasteiger partial charge in [-0.25, -0.2) is 8.42 Å². The zero-order chi connectivity index (χ0) is 21.4. The molecular weight excluding hydrogens is 390 g/mol. The monoisotopic (exact) mass is 417 g/mol. The van der Waals surface area contributed by atoms with E-state index in [1.54, 1.807) is 24.8 Å². The number of amides is 1. The molecule has 0 atom stereocenters. The van der Waals surface area contributed by atoms with Gasteiger partial charge in [-0.2, -0.15) is 4.31 Å². The van der Waals surface area contributed by atoms with Crippen molar-refractivity contribution in [3.8, 4) is 0 Å². The van der Waals surface area contributed by atoms with Crippen LogP contribution >= 0.6 is 0 Å². The van der Waals surface area contributed by atoms with Crippen LogP contribution in [0.5, 0.6) is 0 Å². The number of aromatic nitrogens is 1. The van der Waals surface area contributed by atoms with Crippen molar-refractivity contribution in [1.82, 2.24) is 13.8 Å². The third-order valence-corrected chi connectivity index (χ3v) is 6.56. The summed E-state index contributed by atoms with van der Waals surface area (Å²) in [4.78, 5) is 26.6. The molecule has 7 nitrogen and oxygen atoms in total. The minimum absolute atomic E-state index is 0.00747. The Hall–Kier alpha value is -2.71. The molecule has 0 aliphatic rings. The van der Waals surface area contributed by atoms with Gasteiger partial charge in [0.15, 0.2) is 0 Å². The zero-order valence-electron chi connectivity index (χ0n) is 16.8. The molecule has 0 aliphatic heterocycles. The minimum atomic E-state index is -3.72. The average Bonchev–Trinajstić information content (AvgIpc) is 2.70. The molecule has 0 bridgehead atoms. The van der Waals surface area contributed by atoms with Crippen molar-refractivity contribution >= 4 is 15.9 Å². The summed E-state index contributed by atoms with van der Waals surface area (Å²) in [6.45, 7) is 8.27. The second-order valence-corrected chi connectivity index (χ2v) is 8.41. The summed E-state index contributed by atoms with van der Waals surface area (Å²) in [6.07, 6.45) is 2.85. The zero-order valence-corrected chi connectivity index (χ0v) is 17.6. The van der Waals surface area contributed by atoms with Crippen LogP contribution in [0, 0.1) is 0 Å². The van der Waals surface area contributed by atoms with E-state index in [-0.39, 0.29) is 17.3 Å². The van der Waals surface area contributed by atoms with Crippen LogP contribution in [-0.4, -0.2) is 47.7 Å². The molecule has 0 aliphatic carbocycles. The largest absolute Gasteiger partial charge is 0.333 e. The molecule has 2 rings (SSSR count). The fourth-order valence-electron chi connectivity index (χ4n) is 2.96. The number of sulfonamides is 1. The molecule has 156 valence electrons. The lowest BCUT2D eigenvalue weighted by Crippen LogP contribution is -2.37. The van der Waals surface area contributed by atoms with Crippen LogP contribution in [-0.2, 0) is 27.9 Å². The van der Waals surface area contributed by atoms with Crippen LogP contribution in [0.25, 0.3) is 0 Å². The van der Waals surface area contributed by atoms with E-state index < -0.39 is 15.6 Å². The molecule has 29 heavy (non-hydrogen) atoms. The Morgan fingerprint density at radius 2 is 1.76 bits per heavy atom. The molecule has 2 aromatic rings. The Kier molecular flexibility index (Phi) is 7.92. The second-order valence-electron chi connectivity index (χ2n) is 6.47. The van der Waals surface area contributed by atoms with Gasteiger partial charge in [0.2, 0.25) is 15.9 Å². The Labute approximate surface area is 171 Å². The Morgan fingerprint density at radius 1 is 1.10 bits per heavy atom. The van der Waals surface area contributed by atoms with Gasteiger partial charge in [0.25, 0.3) is 5.56 Å². The maximum atomic E-state index is 12.8. The van der Waals surface area contributed by atoms with Gasteiger partial charge in [-0.05, 0) is 11.6 Å². The highest BCUT2D eigenvalue weighted by atomic mass is 32.2. The highest BCUT2D eigenvalue weighted by molar-refractivity contribution is 7.89. The SMILES string of the molecule is C=CCN(Cc1ccccc1)C(=O)Cn1cc(S(=O)(=O)N(CC)CC)ccc1=O. The lowest BCUT2D eigenvalue weighted by Gasteiger charge is -2.22. The number of pyridine rings is 1. The number of carbonyl (C=O) groups is 1. The van der Waals surface area contributed by atoms with Gasteiger partial charge in [-0.3, -0.25) is 9.59 Å². The highest BCUT2D eigenvalue weighted by Crippen LogP contribution is 2.14. The van der Waals surface area contributed by atoms with E-state index in [1.807, 2.05) is 30.3 Å². The van der Waals surface area contributed by atoms with Crippen molar-refractivity contribution in [3.63, 3.8) is 0 Å². The number of hydrogen-bond donors (Lipinski definition) is 0. The fourth-order valence-corrected chi connectivity index (χ4v) is 4.44. The summed E-state index contributed by atoms with van der Waals surface area (Å²) in [7, 11) is -3.72. The van der Waals surface area contributed by atoms with E-state index >= 15 is 0 Å². The van der Waals surface area contributed by atoms with Gasteiger partial charge < -0.3 is 9.47 Å². The summed E-state index contributed by atoms with van der Waals surface area (Å²) in [5.41, 5.74) is 0.517. The Balaban J connectivity index is 2.28. The number of carbonyl (C=O) groups excluding carboxylic acids is 1. The molecule has 8 heteroatoms. The van der Waals surface area contributed by atoms with Crippen LogP contribution in [0.4, 0.5) is 0 Å². The van der Waals surface area contributed by atoms with Crippen LogP contribution in [0.15, 0.2) is 71.0 Å². The van der Waals surface area contributed by atoms with E-state index in [0.717, 1.165) is 10.1 Å². The van der Waals surface area contributed by atoms with Gasteiger partial charge in [-0.1, -0.05) is 50.3 Å². The van der Waals surface area contributed by atoms with Crippen molar-refractivity contribution in [2.75, 3.05) is 19.6 Å². The lowest BCUT2D eigenvalue weighted by molar-refractivity contribution is -0.132. The molecule has 0 unspecified atom stereocenters. The van der Waals surface area contributed by atoms with Crippen molar-refractivity contribution in [2.45, 2.75) is 31.8 Å². The van der Waals surface area contributed by atoms with Gasteiger partial charge in [0.05, 0.1) is 4.90 Å². The predicted octanol–water partition coefficient (Wildman–Crippen LogP) is 2.09. The van der Waals surface area contributed by atoms with Crippen LogP contribution in [0.3, 0.4) is 0 Å². The van der Waals surface area contributed by atoms with E-state index in [1.165, 1.54) is 22.6 Å². The van der Waals surface area contributed by atoms with E-state index in [4.69, 9.17) is 0 Å². The molecular formula is C21H27N3O4S. The maximum absolute atomic E-state index is 12.8. The molecule has 1 aromatic heterocycles. The molecule has 1 heterocycles. The first kappa shape index (κ1) is 22.6. The van der Waals surface area contributed by atoms with Crippen LogP contribution in [0.1, 0.15) is 19.4 Å². The highest BCUT2D eigenvalue weighted by Gasteiger charge is 2.23. The number of benzene rings is 1. The first-order valence-corrected chi connectivity index (χ1v) is 10.9. The van der Waals surface area contributed by atoms with Crippen molar-refractivity contribution in [2.24, 2.45) is 0 Å². The molecule has 1 aromatic carbocycles. The van der Waals surface area contributed by atoms with Crippen molar-refractivity contribution in [3.05, 3.63) is 77.2 Å². The second kappa shape index (κ2) is 10.2. The summed E-state index contributed by atoms with van der Waals surface area (Å²) in [6, 6.07) is 11.9. The summed E-state index contributed by atoms with van der Waals surface area (Å²) in [5, 5.41) is 0. The number of rotatable bonds is 10. The molecule has 0 spiro atoms. The Morgan fingerprint density at radius 3 is 2.34 bits per heavy atom. The smallest absolute Gasteiger partial charge is 0.251 e. The van der Waals surface area contributed by atoms with Gasteiger partial charge in [0, 0.05) is 38.4 Å². The summed E-state index contributed by atoms with van der Waals surface area (Å²) >= 11 is 0. The average molecular weight is 418 g/mol. The van der Waals surface area contributed by atoms with E-state index in [0.29, 0.717) is 26.2 Å². The molecule has 1 amide bonds. The van der Waals surface area contributed by atoms with Crippen LogP contribution < -0.4 is 5.56 Å². The quantitative estimate of drug-likeness (QED) is 0.555. The lowest BCUT2D eigenvalue weighted by atomic mass is 10.2. The predicted molar refractivity (Wildman–Crippen MR) is 113 cm³/mol.